The molecule has 84 valence electrons. The van der Waals surface area contributed by atoms with E-state index in [-0.39, 0.29) is 0 Å². The maximum absolute atomic E-state index is 3.55. The summed E-state index contributed by atoms with van der Waals surface area (Å²) in [6.45, 7) is 9.64. The predicted octanol–water partition coefficient (Wildman–Crippen LogP) is 3.10. The van der Waals surface area contributed by atoms with E-state index in [1.54, 1.807) is 0 Å². The lowest BCUT2D eigenvalue weighted by atomic mass is 9.84. The van der Waals surface area contributed by atoms with Crippen LogP contribution in [-0.4, -0.2) is 24.4 Å². The third-order valence-electron chi connectivity index (χ3n) is 3.79. The highest BCUT2D eigenvalue weighted by atomic mass is 31.1. The summed E-state index contributed by atoms with van der Waals surface area (Å²) in [5.41, 5.74) is 1.85. The number of hydrogen-bond donors (Lipinski definition) is 1. The first kappa shape index (κ1) is 12.5. The Hall–Kier alpha value is 0.390. The summed E-state index contributed by atoms with van der Waals surface area (Å²) in [4.78, 5) is 0. The molecule has 0 amide bonds. The highest BCUT2D eigenvalue weighted by Gasteiger charge is 2.33. The monoisotopic (exact) mass is 215 g/mol. The van der Waals surface area contributed by atoms with Gasteiger partial charge in [0, 0.05) is 6.04 Å². The minimum Gasteiger partial charge on any atom is -0.316 e. The minimum absolute atomic E-state index is 0.743. The van der Waals surface area contributed by atoms with Gasteiger partial charge in [0.25, 0.3) is 0 Å². The van der Waals surface area contributed by atoms with E-state index in [2.05, 4.69) is 40.1 Å². The van der Waals surface area contributed by atoms with Crippen molar-refractivity contribution in [1.29, 1.82) is 0 Å². The van der Waals surface area contributed by atoms with E-state index in [4.69, 9.17) is 0 Å². The number of hydrogen-bond acceptors (Lipinski definition) is 1. The van der Waals surface area contributed by atoms with Crippen molar-refractivity contribution in [2.24, 2.45) is 11.8 Å². The molecule has 1 aliphatic rings. The molecule has 0 spiro atoms. The van der Waals surface area contributed by atoms with Gasteiger partial charge in [-0.3, -0.25) is 0 Å². The van der Waals surface area contributed by atoms with E-state index in [1.807, 2.05) is 0 Å². The van der Waals surface area contributed by atoms with Crippen LogP contribution in [0.5, 0.6) is 0 Å². The molecule has 0 aliphatic carbocycles. The highest BCUT2D eigenvalue weighted by molar-refractivity contribution is 7.39. The van der Waals surface area contributed by atoms with Crippen molar-refractivity contribution < 1.29 is 0 Å². The third-order valence-corrected chi connectivity index (χ3v) is 5.55. The molecule has 5 unspecified atom stereocenters. The van der Waals surface area contributed by atoms with Gasteiger partial charge >= 0.3 is 0 Å². The second-order valence-corrected chi connectivity index (χ2v) is 7.19. The van der Waals surface area contributed by atoms with E-state index in [9.17, 15) is 0 Å². The molecule has 1 fully saturated rings. The van der Waals surface area contributed by atoms with Crippen molar-refractivity contribution >= 4 is 8.58 Å². The first-order chi connectivity index (χ1) is 6.60. The fourth-order valence-corrected chi connectivity index (χ4v) is 5.28. The third kappa shape index (κ3) is 2.70. The summed E-state index contributed by atoms with van der Waals surface area (Å²) in [6.07, 6.45) is 2.74. The molecule has 0 aromatic heterocycles. The maximum Gasteiger partial charge on any atom is 0.0124 e. The molecule has 0 saturated carbocycles. The van der Waals surface area contributed by atoms with Crippen molar-refractivity contribution in [3.63, 3.8) is 0 Å². The molecule has 0 radical (unpaired) electrons. The van der Waals surface area contributed by atoms with Crippen LogP contribution >= 0.6 is 8.58 Å². The van der Waals surface area contributed by atoms with Crippen molar-refractivity contribution in [3.05, 3.63) is 0 Å². The summed E-state index contributed by atoms with van der Waals surface area (Å²) < 4.78 is 0. The molecular formula is C12H26NP. The molecule has 2 heteroatoms. The van der Waals surface area contributed by atoms with Gasteiger partial charge in [-0.15, -0.1) is 8.58 Å². The molecule has 1 aliphatic heterocycles. The standard InChI is InChI=1S/C12H26NP/c1-6-11-10(4)14-9(3)7-8(2)12(11)13-5/h8-14H,6-7H2,1-5H3/t8?,9?,10-,11?,12?/m1/s1. The Bertz CT molecular complexity index is 154. The molecule has 6 atom stereocenters. The van der Waals surface area contributed by atoms with Crippen molar-refractivity contribution in [3.8, 4) is 0 Å². The number of rotatable bonds is 2. The fourth-order valence-electron chi connectivity index (χ4n) is 3.18. The molecular weight excluding hydrogens is 189 g/mol. The Labute approximate surface area is 91.2 Å². The summed E-state index contributed by atoms with van der Waals surface area (Å²) in [5.74, 6) is 1.73. The van der Waals surface area contributed by atoms with Gasteiger partial charge < -0.3 is 5.32 Å². The van der Waals surface area contributed by atoms with Gasteiger partial charge in [-0.2, -0.15) is 0 Å². The Morgan fingerprint density at radius 1 is 1.29 bits per heavy atom. The van der Waals surface area contributed by atoms with Crippen LogP contribution in [0.25, 0.3) is 0 Å². The quantitative estimate of drug-likeness (QED) is 0.698. The maximum atomic E-state index is 3.55. The molecule has 1 rings (SSSR count). The first-order valence-electron chi connectivity index (χ1n) is 6.03. The molecule has 1 N–H and O–H groups in total. The van der Waals surface area contributed by atoms with Gasteiger partial charge in [0.1, 0.15) is 0 Å². The smallest absolute Gasteiger partial charge is 0.0124 e. The molecule has 1 saturated heterocycles. The van der Waals surface area contributed by atoms with Crippen LogP contribution in [0, 0.1) is 11.8 Å². The summed E-state index contributed by atoms with van der Waals surface area (Å²) in [6, 6.07) is 0.743. The number of nitrogens with one attached hydrogen (secondary N) is 1. The van der Waals surface area contributed by atoms with Gasteiger partial charge in [-0.05, 0) is 36.6 Å². The predicted molar refractivity (Wildman–Crippen MR) is 67.6 cm³/mol. The van der Waals surface area contributed by atoms with Crippen LogP contribution in [0.3, 0.4) is 0 Å². The van der Waals surface area contributed by atoms with Crippen molar-refractivity contribution in [2.45, 2.75) is 57.9 Å². The lowest BCUT2D eigenvalue weighted by Crippen LogP contribution is -2.41. The van der Waals surface area contributed by atoms with Gasteiger partial charge in [0.05, 0.1) is 0 Å². The van der Waals surface area contributed by atoms with Crippen LogP contribution in [-0.2, 0) is 0 Å². The van der Waals surface area contributed by atoms with Gasteiger partial charge in [0.15, 0.2) is 0 Å². The van der Waals surface area contributed by atoms with E-state index in [1.165, 1.54) is 12.8 Å². The molecule has 0 aromatic rings. The first-order valence-corrected chi connectivity index (χ1v) is 7.18. The van der Waals surface area contributed by atoms with E-state index in [0.717, 1.165) is 37.8 Å². The molecule has 1 heterocycles. The van der Waals surface area contributed by atoms with Crippen LogP contribution in [0.15, 0.2) is 0 Å². The van der Waals surface area contributed by atoms with Crippen LogP contribution in [0.1, 0.15) is 40.5 Å². The Morgan fingerprint density at radius 2 is 1.93 bits per heavy atom. The second kappa shape index (κ2) is 5.47. The SMILES string of the molecule is CCC1C(NC)C(C)CC(C)P[C@@H]1C. The van der Waals surface area contributed by atoms with Gasteiger partial charge in [-0.25, -0.2) is 0 Å². The average molecular weight is 215 g/mol. The summed E-state index contributed by atoms with van der Waals surface area (Å²) in [5, 5.41) is 3.55. The van der Waals surface area contributed by atoms with Gasteiger partial charge in [-0.1, -0.05) is 34.1 Å². The Morgan fingerprint density at radius 3 is 2.43 bits per heavy atom. The molecule has 1 nitrogen and oxygen atoms in total. The van der Waals surface area contributed by atoms with Gasteiger partial charge in [0.2, 0.25) is 0 Å². The summed E-state index contributed by atoms with van der Waals surface area (Å²) >= 11 is 0. The van der Waals surface area contributed by atoms with Crippen molar-refractivity contribution in [1.82, 2.24) is 5.32 Å². The normalized spacial score (nSPS) is 46.5. The molecule has 0 aromatic carbocycles. The topological polar surface area (TPSA) is 12.0 Å². The van der Waals surface area contributed by atoms with Crippen molar-refractivity contribution in [2.75, 3.05) is 7.05 Å². The van der Waals surface area contributed by atoms with E-state index in [0.29, 0.717) is 0 Å². The molecule has 0 bridgehead atoms. The zero-order valence-corrected chi connectivity index (χ0v) is 11.3. The Kier molecular flexibility index (Phi) is 4.87. The second-order valence-electron chi connectivity index (χ2n) is 4.96. The van der Waals surface area contributed by atoms with Crippen LogP contribution < -0.4 is 5.32 Å². The fraction of sp³-hybridized carbons (Fsp3) is 1.00. The van der Waals surface area contributed by atoms with E-state index < -0.39 is 0 Å². The largest absolute Gasteiger partial charge is 0.316 e. The highest BCUT2D eigenvalue weighted by Crippen LogP contribution is 2.42. The Balaban J connectivity index is 2.76. The van der Waals surface area contributed by atoms with Crippen LogP contribution in [0.2, 0.25) is 0 Å². The minimum atomic E-state index is 0.743. The summed E-state index contributed by atoms with van der Waals surface area (Å²) in [7, 11) is 3.30. The zero-order chi connectivity index (χ0) is 10.7. The average Bonchev–Trinajstić information content (AvgIpc) is 2.21. The van der Waals surface area contributed by atoms with Crippen LogP contribution in [0.4, 0.5) is 0 Å². The molecule has 14 heavy (non-hydrogen) atoms. The lowest BCUT2D eigenvalue weighted by Gasteiger charge is -2.31. The van der Waals surface area contributed by atoms with E-state index >= 15 is 0 Å². The lowest BCUT2D eigenvalue weighted by molar-refractivity contribution is 0.272. The zero-order valence-electron chi connectivity index (χ0n) is 10.3.